The number of benzene rings is 10. The molecule has 0 bridgehead atoms. The summed E-state index contributed by atoms with van der Waals surface area (Å²) in [5.41, 5.74) is 16.7. The Hall–Kier alpha value is -7.46. The van der Waals surface area contributed by atoms with Gasteiger partial charge in [0.2, 0.25) is 0 Å². The molecular weight excluding hydrogens is 1120 g/mol. The highest BCUT2D eigenvalue weighted by molar-refractivity contribution is 9.10. The van der Waals surface area contributed by atoms with Crippen molar-refractivity contribution in [2.75, 3.05) is 0 Å². The Morgan fingerprint density at radius 2 is 0.625 bits per heavy atom. The van der Waals surface area contributed by atoms with Crippen molar-refractivity contribution in [2.24, 2.45) is 0 Å². The summed E-state index contributed by atoms with van der Waals surface area (Å²) in [4.78, 5) is 0. The number of para-hydroxylation sites is 6. The van der Waals surface area contributed by atoms with Crippen LogP contribution in [0.25, 0.3) is 22.3 Å². The molecule has 0 aromatic heterocycles. The number of ether oxygens (including phenoxy) is 3. The van der Waals surface area contributed by atoms with Gasteiger partial charge < -0.3 is 24.3 Å². The van der Waals surface area contributed by atoms with Crippen LogP contribution in [0.4, 0.5) is 0 Å². The van der Waals surface area contributed by atoms with Gasteiger partial charge in [0.25, 0.3) is 0 Å². The Bertz CT molecular complexity index is 3630. The van der Waals surface area contributed by atoms with E-state index < -0.39 is 7.12 Å². The van der Waals surface area contributed by atoms with Crippen LogP contribution in [-0.2, 0) is 29.1 Å². The Labute approximate surface area is 489 Å². The quantitative estimate of drug-likeness (QED) is 0.156. The molecule has 80 heavy (non-hydrogen) atoms. The van der Waals surface area contributed by atoms with Gasteiger partial charge in [-0.3, -0.25) is 0 Å². The van der Waals surface area contributed by atoms with E-state index in [4.69, 9.17) is 14.2 Å². The Balaban J connectivity index is 0.000000168. The van der Waals surface area contributed by atoms with Crippen LogP contribution in [0.15, 0.2) is 233 Å². The summed E-state index contributed by atoms with van der Waals surface area (Å²) >= 11 is 6.87. The second kappa shape index (κ2) is 23.0. The molecule has 3 aliphatic heterocycles. The van der Waals surface area contributed by atoms with Crippen LogP contribution < -0.4 is 19.7 Å². The Morgan fingerprint density at radius 3 is 0.975 bits per heavy atom. The number of rotatable bonds is 7. The summed E-state index contributed by atoms with van der Waals surface area (Å²) in [6.45, 7) is 13.4. The van der Waals surface area contributed by atoms with Gasteiger partial charge >= 0.3 is 7.12 Å². The molecule has 0 amide bonds. The largest absolute Gasteiger partial charge is 0.492 e. The predicted octanol–water partition coefficient (Wildman–Crippen LogP) is 18.7. The minimum atomic E-state index is -1.53. The van der Waals surface area contributed by atoms with Crippen molar-refractivity contribution in [1.29, 1.82) is 0 Å². The molecule has 2 N–H and O–H groups in total. The predicted molar refractivity (Wildman–Crippen MR) is 337 cm³/mol. The lowest BCUT2D eigenvalue weighted by Gasteiger charge is -2.35. The highest BCUT2D eigenvalue weighted by Gasteiger charge is 2.38. The maximum absolute atomic E-state index is 9.47. The smallest absolute Gasteiger partial charge is 0.457 e. The van der Waals surface area contributed by atoms with Crippen LogP contribution in [0, 0.1) is 0 Å². The van der Waals surface area contributed by atoms with Crippen molar-refractivity contribution in [2.45, 2.75) is 78.1 Å². The highest BCUT2D eigenvalue weighted by atomic mass is 79.9. The molecule has 400 valence electrons. The van der Waals surface area contributed by atoms with E-state index in [0.29, 0.717) is 11.2 Å². The van der Waals surface area contributed by atoms with Crippen molar-refractivity contribution in [3.8, 4) is 56.8 Å². The van der Waals surface area contributed by atoms with E-state index in [-0.39, 0.29) is 23.7 Å². The second-order valence-electron chi connectivity index (χ2n) is 22.1. The lowest BCUT2D eigenvalue weighted by atomic mass is 9.70. The number of hydrogen-bond acceptors (Lipinski definition) is 5. The minimum absolute atomic E-state index is 0. The molecule has 10 aromatic carbocycles. The summed E-state index contributed by atoms with van der Waals surface area (Å²) < 4.78 is 21.2. The fourth-order valence-electron chi connectivity index (χ4n) is 11.4. The van der Waals surface area contributed by atoms with Gasteiger partial charge in [-0.25, -0.2) is 0 Å². The van der Waals surface area contributed by atoms with E-state index in [1.807, 2.05) is 48.5 Å². The molecule has 0 saturated carbocycles. The summed E-state index contributed by atoms with van der Waals surface area (Å²) in [5, 5.41) is 18.9. The van der Waals surface area contributed by atoms with E-state index in [0.717, 1.165) is 72.8 Å². The van der Waals surface area contributed by atoms with Gasteiger partial charge in [-0.15, -0.1) is 0 Å². The summed E-state index contributed by atoms with van der Waals surface area (Å²) in [6.07, 6.45) is 1.86. The zero-order valence-electron chi connectivity index (χ0n) is 45.2. The molecule has 0 unspecified atom stereocenters. The number of halogens is 2. The lowest BCUT2D eigenvalue weighted by Crippen LogP contribution is -2.35. The van der Waals surface area contributed by atoms with Crippen LogP contribution in [0.1, 0.15) is 105 Å². The number of hydrogen-bond donors (Lipinski definition) is 2. The van der Waals surface area contributed by atoms with Gasteiger partial charge in [0.1, 0.15) is 34.5 Å². The fourth-order valence-corrected chi connectivity index (χ4v) is 11.9. The van der Waals surface area contributed by atoms with Crippen LogP contribution >= 0.6 is 31.9 Å². The first kappa shape index (κ1) is 55.8. The van der Waals surface area contributed by atoms with Crippen LogP contribution in [0.5, 0.6) is 34.5 Å². The van der Waals surface area contributed by atoms with Crippen LogP contribution in [0.3, 0.4) is 0 Å². The van der Waals surface area contributed by atoms with Crippen LogP contribution in [-0.4, -0.2) is 17.2 Å². The van der Waals surface area contributed by atoms with E-state index >= 15 is 0 Å². The first-order valence-electron chi connectivity index (χ1n) is 26.8. The third-order valence-corrected chi connectivity index (χ3v) is 16.9. The standard InChI is InChI=1S/C43H36O2.C15H15BO3.C13H10Br2.CH4/c1-42(2)34-13-5-7-17-38(34)44-40-32(11-9-15-36(40)42)30-23-19-28(20-24-30)27-29-21-25-31(26-22-29)33-12-10-16-37-41(33)45-39-18-8-6-14-35(39)43(37,3)4;1-15(2)10-6-3-4-9-13(10)19-14-11(15)7-5-8-12(14)16(17)18;14-12-5-1-10(2-6-12)9-11-3-7-13(15)8-4-11;/h5-26H,27H2,1-4H3;3-9,17-18H,1-2H3;1-8H,9H2;1H4. The zero-order valence-corrected chi connectivity index (χ0v) is 48.4. The second-order valence-corrected chi connectivity index (χ2v) is 24.0. The molecule has 0 atom stereocenters. The first-order chi connectivity index (χ1) is 38.1. The summed E-state index contributed by atoms with van der Waals surface area (Å²) in [6, 6.07) is 77.9. The van der Waals surface area contributed by atoms with Gasteiger partial charge in [0.05, 0.1) is 0 Å². The van der Waals surface area contributed by atoms with Gasteiger partial charge in [-0.1, -0.05) is 263 Å². The summed E-state index contributed by atoms with van der Waals surface area (Å²) in [7, 11) is -1.53. The molecule has 10 aromatic rings. The molecule has 0 spiro atoms. The molecule has 5 nitrogen and oxygen atoms in total. The van der Waals surface area contributed by atoms with E-state index in [2.05, 4.69) is 243 Å². The van der Waals surface area contributed by atoms with Gasteiger partial charge in [-0.05, 0) is 88.7 Å². The maximum Gasteiger partial charge on any atom is 0.492 e. The van der Waals surface area contributed by atoms with Crippen molar-refractivity contribution in [3.63, 3.8) is 0 Å². The zero-order chi connectivity index (χ0) is 55.1. The molecule has 0 radical (unpaired) electrons. The van der Waals surface area contributed by atoms with Gasteiger partial charge in [0, 0.05) is 75.2 Å². The molecule has 8 heteroatoms. The average Bonchev–Trinajstić information content (AvgIpc) is 3.57. The topological polar surface area (TPSA) is 68.2 Å². The van der Waals surface area contributed by atoms with E-state index in [1.165, 1.54) is 55.6 Å². The third kappa shape index (κ3) is 11.1. The van der Waals surface area contributed by atoms with Crippen molar-refractivity contribution >= 4 is 44.4 Å². The maximum atomic E-state index is 9.47. The van der Waals surface area contributed by atoms with Crippen molar-refractivity contribution < 1.29 is 24.3 Å². The number of fused-ring (bicyclic) bond motifs is 6. The fraction of sp³-hybridized carbons (Fsp3) is 0.167. The molecule has 0 saturated heterocycles. The third-order valence-electron chi connectivity index (χ3n) is 15.9. The lowest BCUT2D eigenvalue weighted by molar-refractivity contribution is 0.405. The normalized spacial score (nSPS) is 14.0. The van der Waals surface area contributed by atoms with Crippen molar-refractivity contribution in [3.05, 3.63) is 289 Å². The average molecular weight is 1180 g/mol. The highest BCUT2D eigenvalue weighted by Crippen LogP contribution is 2.53. The Kier molecular flexibility index (Phi) is 16.0. The monoisotopic (exact) mass is 1180 g/mol. The minimum Gasteiger partial charge on any atom is -0.457 e. The van der Waals surface area contributed by atoms with Crippen LogP contribution in [0.2, 0.25) is 0 Å². The first-order valence-corrected chi connectivity index (χ1v) is 28.4. The van der Waals surface area contributed by atoms with Gasteiger partial charge in [-0.2, -0.15) is 0 Å². The van der Waals surface area contributed by atoms with Crippen molar-refractivity contribution in [1.82, 2.24) is 0 Å². The van der Waals surface area contributed by atoms with Gasteiger partial charge in [0.15, 0.2) is 0 Å². The molecule has 0 aliphatic carbocycles. The van der Waals surface area contributed by atoms with E-state index in [1.54, 1.807) is 6.07 Å². The molecular formula is C72H65BBr2O5. The summed E-state index contributed by atoms with van der Waals surface area (Å²) in [5.74, 6) is 5.14. The molecule has 3 aliphatic rings. The molecule has 3 heterocycles. The molecule has 13 rings (SSSR count). The van der Waals surface area contributed by atoms with E-state index in [9.17, 15) is 10.0 Å². The Morgan fingerprint density at radius 1 is 0.338 bits per heavy atom. The molecule has 0 fully saturated rings. The SMILES string of the molecule is Brc1ccc(Cc2ccc(Br)cc2)cc1.C.CC1(C)c2ccccc2Oc2c(-c3ccc(Cc4ccc(-c5cccc6c5Oc5ccccc5C6(C)C)cc4)cc3)cccc21.CC1(C)c2ccccc2Oc2c(B(O)O)cccc21.